The molecular formula is C11H16N2O2. The molecule has 4 heteroatoms. The Morgan fingerprint density at radius 2 is 2.27 bits per heavy atom. The highest BCUT2D eigenvalue weighted by Crippen LogP contribution is 2.27. The predicted octanol–water partition coefficient (Wildman–Crippen LogP) is 0.292. The number of aromatic hydroxyl groups is 1. The van der Waals surface area contributed by atoms with E-state index >= 15 is 0 Å². The molecule has 0 amide bonds. The molecule has 4 nitrogen and oxygen atoms in total. The van der Waals surface area contributed by atoms with Gasteiger partial charge in [-0.15, -0.1) is 0 Å². The van der Waals surface area contributed by atoms with E-state index in [1.807, 2.05) is 6.07 Å². The van der Waals surface area contributed by atoms with Gasteiger partial charge in [0.15, 0.2) is 0 Å². The number of anilines is 1. The lowest BCUT2D eigenvalue weighted by Gasteiger charge is -2.23. The fourth-order valence-corrected chi connectivity index (χ4v) is 1.94. The minimum Gasteiger partial charge on any atom is -0.508 e. The van der Waals surface area contributed by atoms with Crippen molar-refractivity contribution in [1.29, 1.82) is 0 Å². The molecule has 0 radical (unpaired) electrons. The molecule has 2 rings (SSSR count). The molecule has 0 aromatic heterocycles. The first-order valence-corrected chi connectivity index (χ1v) is 5.07. The predicted molar refractivity (Wildman–Crippen MR) is 58.9 cm³/mol. The molecule has 1 unspecified atom stereocenters. The van der Waals surface area contributed by atoms with Crippen LogP contribution in [0.4, 0.5) is 5.69 Å². The van der Waals surface area contributed by atoms with Gasteiger partial charge in [0.2, 0.25) is 0 Å². The Labute approximate surface area is 88.9 Å². The average molecular weight is 208 g/mol. The van der Waals surface area contributed by atoms with Gasteiger partial charge in [0.25, 0.3) is 0 Å². The number of phenolic OH excluding ortho intramolecular Hbond substituents is 1. The molecule has 1 fully saturated rings. The van der Waals surface area contributed by atoms with Crippen molar-refractivity contribution in [1.82, 2.24) is 0 Å². The van der Waals surface area contributed by atoms with Crippen LogP contribution in [0.15, 0.2) is 24.3 Å². The maximum atomic E-state index is 9.35. The van der Waals surface area contributed by atoms with Crippen molar-refractivity contribution in [3.8, 4) is 5.75 Å². The Bertz CT molecular complexity index is 356. The molecule has 15 heavy (non-hydrogen) atoms. The molecule has 1 atom stereocenters. The van der Waals surface area contributed by atoms with Gasteiger partial charge in [0.05, 0.1) is 12.1 Å². The molecule has 0 spiro atoms. The third-order valence-corrected chi connectivity index (χ3v) is 2.90. The van der Waals surface area contributed by atoms with E-state index in [1.165, 1.54) is 0 Å². The maximum Gasteiger partial charge on any atom is 0.117 e. The van der Waals surface area contributed by atoms with Crippen LogP contribution in [-0.4, -0.2) is 35.4 Å². The number of hydrogen-bond donors (Lipinski definition) is 3. The zero-order chi connectivity index (χ0) is 10.9. The molecule has 0 bridgehead atoms. The number of benzene rings is 1. The number of hydrogen-bond acceptors (Lipinski definition) is 4. The van der Waals surface area contributed by atoms with Gasteiger partial charge in [0, 0.05) is 24.8 Å². The second kappa shape index (κ2) is 3.72. The van der Waals surface area contributed by atoms with E-state index in [1.54, 1.807) is 18.2 Å². The van der Waals surface area contributed by atoms with Gasteiger partial charge in [-0.1, -0.05) is 6.07 Å². The summed E-state index contributed by atoms with van der Waals surface area (Å²) in [5, 5.41) is 18.5. The summed E-state index contributed by atoms with van der Waals surface area (Å²) in [5.74, 6) is 0.256. The third kappa shape index (κ3) is 2.06. The SMILES string of the molecule is NC1(CO)CCN(c2cccc(O)c2)C1. The molecule has 1 aromatic rings. The van der Waals surface area contributed by atoms with E-state index in [9.17, 15) is 5.11 Å². The van der Waals surface area contributed by atoms with Gasteiger partial charge in [-0.2, -0.15) is 0 Å². The van der Waals surface area contributed by atoms with Gasteiger partial charge >= 0.3 is 0 Å². The molecule has 4 N–H and O–H groups in total. The highest BCUT2D eigenvalue weighted by molar-refractivity contribution is 5.51. The minimum absolute atomic E-state index is 0.00230. The summed E-state index contributed by atoms with van der Waals surface area (Å²) >= 11 is 0. The van der Waals surface area contributed by atoms with E-state index in [0.29, 0.717) is 6.54 Å². The van der Waals surface area contributed by atoms with Crippen LogP contribution in [0.25, 0.3) is 0 Å². The lowest BCUT2D eigenvalue weighted by Crippen LogP contribution is -2.46. The Morgan fingerprint density at radius 1 is 1.47 bits per heavy atom. The number of nitrogens with zero attached hydrogens (tertiary/aromatic N) is 1. The molecule has 0 aliphatic carbocycles. The Morgan fingerprint density at radius 3 is 2.87 bits per heavy atom. The van der Waals surface area contributed by atoms with Crippen LogP contribution in [0.1, 0.15) is 6.42 Å². The van der Waals surface area contributed by atoms with E-state index in [0.717, 1.165) is 18.7 Å². The van der Waals surface area contributed by atoms with E-state index < -0.39 is 5.54 Å². The summed E-state index contributed by atoms with van der Waals surface area (Å²) in [4.78, 5) is 2.08. The summed E-state index contributed by atoms with van der Waals surface area (Å²) in [7, 11) is 0. The zero-order valence-electron chi connectivity index (χ0n) is 8.56. The van der Waals surface area contributed by atoms with Crippen molar-refractivity contribution >= 4 is 5.69 Å². The van der Waals surface area contributed by atoms with Crippen LogP contribution in [0.2, 0.25) is 0 Å². The Balaban J connectivity index is 2.14. The van der Waals surface area contributed by atoms with Crippen LogP contribution >= 0.6 is 0 Å². The van der Waals surface area contributed by atoms with E-state index in [2.05, 4.69) is 4.90 Å². The third-order valence-electron chi connectivity index (χ3n) is 2.90. The van der Waals surface area contributed by atoms with Crippen LogP contribution < -0.4 is 10.6 Å². The van der Waals surface area contributed by atoms with Crippen molar-refractivity contribution in [3.63, 3.8) is 0 Å². The summed E-state index contributed by atoms with van der Waals surface area (Å²) in [6.07, 6.45) is 0.777. The molecule has 1 aliphatic rings. The van der Waals surface area contributed by atoms with Crippen molar-refractivity contribution in [3.05, 3.63) is 24.3 Å². The Hall–Kier alpha value is -1.26. The van der Waals surface area contributed by atoms with Crippen LogP contribution in [-0.2, 0) is 0 Å². The summed E-state index contributed by atoms with van der Waals surface area (Å²) in [5.41, 5.74) is 6.43. The fourth-order valence-electron chi connectivity index (χ4n) is 1.94. The minimum atomic E-state index is -0.495. The largest absolute Gasteiger partial charge is 0.508 e. The summed E-state index contributed by atoms with van der Waals surface area (Å²) in [6.45, 7) is 1.45. The first kappa shape index (κ1) is 10.3. The molecular weight excluding hydrogens is 192 g/mol. The van der Waals surface area contributed by atoms with Crippen LogP contribution in [0.3, 0.4) is 0 Å². The van der Waals surface area contributed by atoms with Crippen molar-refractivity contribution in [2.75, 3.05) is 24.6 Å². The Kier molecular flexibility index (Phi) is 2.54. The molecule has 1 heterocycles. The molecule has 1 aliphatic heterocycles. The van der Waals surface area contributed by atoms with Crippen LogP contribution in [0.5, 0.6) is 5.75 Å². The number of aliphatic hydroxyl groups is 1. The van der Waals surface area contributed by atoms with Crippen LogP contribution in [0, 0.1) is 0 Å². The lowest BCUT2D eigenvalue weighted by atomic mass is 10.0. The number of rotatable bonds is 2. The first-order valence-electron chi connectivity index (χ1n) is 5.07. The van der Waals surface area contributed by atoms with Gasteiger partial charge in [-0.25, -0.2) is 0 Å². The highest BCUT2D eigenvalue weighted by Gasteiger charge is 2.33. The molecule has 82 valence electrons. The fraction of sp³-hybridized carbons (Fsp3) is 0.455. The van der Waals surface area contributed by atoms with E-state index in [4.69, 9.17) is 10.8 Å². The summed E-state index contributed by atoms with van der Waals surface area (Å²) in [6, 6.07) is 7.09. The monoisotopic (exact) mass is 208 g/mol. The van der Waals surface area contributed by atoms with Gasteiger partial charge in [-0.05, 0) is 18.6 Å². The second-order valence-corrected chi connectivity index (χ2v) is 4.21. The standard InChI is InChI=1S/C11H16N2O2/c12-11(8-14)4-5-13(7-11)9-2-1-3-10(15)6-9/h1-3,6,14-15H,4-5,7-8,12H2. The topological polar surface area (TPSA) is 69.7 Å². The number of phenols is 1. The first-order chi connectivity index (χ1) is 7.13. The van der Waals surface area contributed by atoms with Gasteiger partial charge < -0.3 is 20.8 Å². The molecule has 1 aromatic carbocycles. The summed E-state index contributed by atoms with van der Waals surface area (Å²) < 4.78 is 0. The number of aliphatic hydroxyl groups excluding tert-OH is 1. The smallest absolute Gasteiger partial charge is 0.117 e. The average Bonchev–Trinajstić information content (AvgIpc) is 2.62. The highest BCUT2D eigenvalue weighted by atomic mass is 16.3. The zero-order valence-corrected chi connectivity index (χ0v) is 8.56. The van der Waals surface area contributed by atoms with Gasteiger partial charge in [0.1, 0.15) is 5.75 Å². The van der Waals surface area contributed by atoms with Gasteiger partial charge in [-0.3, -0.25) is 0 Å². The van der Waals surface area contributed by atoms with Crippen molar-refractivity contribution in [2.24, 2.45) is 5.73 Å². The second-order valence-electron chi connectivity index (χ2n) is 4.21. The molecule has 0 saturated carbocycles. The maximum absolute atomic E-state index is 9.35. The lowest BCUT2D eigenvalue weighted by molar-refractivity contribution is 0.210. The van der Waals surface area contributed by atoms with Crippen molar-refractivity contribution < 1.29 is 10.2 Å². The quantitative estimate of drug-likeness (QED) is 0.653. The number of nitrogens with two attached hydrogens (primary N) is 1. The van der Waals surface area contributed by atoms with Crippen molar-refractivity contribution in [2.45, 2.75) is 12.0 Å². The normalized spacial score (nSPS) is 25.9. The van der Waals surface area contributed by atoms with E-state index in [-0.39, 0.29) is 12.4 Å². The molecule has 1 saturated heterocycles.